The van der Waals surface area contributed by atoms with Gasteiger partial charge in [0.2, 0.25) is 11.3 Å². The number of nitrogens with one attached hydrogen (secondary N) is 2. The summed E-state index contributed by atoms with van der Waals surface area (Å²) >= 11 is 1.25. The summed E-state index contributed by atoms with van der Waals surface area (Å²) in [4.78, 5) is 110. The Morgan fingerprint density at radius 1 is 0.918 bits per heavy atom. The maximum atomic E-state index is 15.6. The molecule has 1 aromatic heterocycles. The number of aromatic hydroxyl groups is 1. The molecule has 2 aromatic carbocycles. The summed E-state index contributed by atoms with van der Waals surface area (Å²) in [7, 11) is 0. The first-order valence-electron chi connectivity index (χ1n) is 19.7. The second-order valence-electron chi connectivity index (χ2n) is 15.4. The first kappa shape index (κ1) is 41.3. The second-order valence-corrected chi connectivity index (χ2v) is 16.5. The molecular weight excluding hydrogens is 820 g/mol. The minimum Gasteiger partial charge on any atom is -0.508 e. The van der Waals surface area contributed by atoms with Crippen LogP contribution in [-0.4, -0.2) is 151 Å². The topological polar surface area (TPSA) is 242 Å². The number of β-lactam (4-membered cyclic amide) rings is 1. The quantitative estimate of drug-likeness (QED) is 0.133. The third-order valence-electron chi connectivity index (χ3n) is 11.6. The fourth-order valence-corrected chi connectivity index (χ4v) is 9.54. The van der Waals surface area contributed by atoms with Crippen molar-refractivity contribution in [2.24, 2.45) is 0 Å². The Morgan fingerprint density at radius 3 is 2.26 bits per heavy atom. The highest BCUT2D eigenvalue weighted by Crippen LogP contribution is 2.41. The first-order valence-corrected chi connectivity index (χ1v) is 20.7. The summed E-state index contributed by atoms with van der Waals surface area (Å²) in [6.45, 7) is 3.65. The largest absolute Gasteiger partial charge is 0.508 e. The van der Waals surface area contributed by atoms with E-state index in [-0.39, 0.29) is 66.1 Å². The number of anilines is 1. The van der Waals surface area contributed by atoms with E-state index in [2.05, 4.69) is 10.6 Å². The van der Waals surface area contributed by atoms with Crippen LogP contribution in [0.15, 0.2) is 58.7 Å². The fourth-order valence-electron chi connectivity index (χ4n) is 8.20. The van der Waals surface area contributed by atoms with Crippen molar-refractivity contribution in [3.8, 4) is 5.75 Å². The number of carboxylic acids is 2. The zero-order valence-corrected chi connectivity index (χ0v) is 33.5. The van der Waals surface area contributed by atoms with Gasteiger partial charge >= 0.3 is 29.8 Å². The molecule has 3 saturated heterocycles. The molecule has 5 aliphatic rings. The number of thioether (sulfide) groups is 1. The lowest BCUT2D eigenvalue weighted by molar-refractivity contribution is -0.153. The van der Waals surface area contributed by atoms with Gasteiger partial charge in [0.1, 0.15) is 40.3 Å². The Kier molecular flexibility index (Phi) is 10.9. The van der Waals surface area contributed by atoms with Crippen molar-refractivity contribution in [1.82, 2.24) is 34.8 Å². The molecule has 4 fully saturated rings. The van der Waals surface area contributed by atoms with Crippen molar-refractivity contribution in [3.05, 3.63) is 81.0 Å². The van der Waals surface area contributed by atoms with E-state index in [1.807, 2.05) is 9.80 Å². The Hall–Kier alpha value is -6.48. The minimum absolute atomic E-state index is 0.00722. The van der Waals surface area contributed by atoms with Gasteiger partial charge in [0.25, 0.3) is 5.91 Å². The summed E-state index contributed by atoms with van der Waals surface area (Å²) in [6.07, 6.45) is 2.94. The number of fused-ring (bicyclic) bond motifs is 2. The van der Waals surface area contributed by atoms with Crippen molar-refractivity contribution >= 4 is 70.0 Å². The van der Waals surface area contributed by atoms with Gasteiger partial charge < -0.3 is 40.3 Å². The summed E-state index contributed by atoms with van der Waals surface area (Å²) in [5.74, 6) is -6.78. The van der Waals surface area contributed by atoms with E-state index in [0.29, 0.717) is 42.2 Å². The number of amides is 6. The lowest BCUT2D eigenvalue weighted by Gasteiger charge is -2.50. The van der Waals surface area contributed by atoms with E-state index < -0.39 is 75.9 Å². The number of piperazine rings is 2. The summed E-state index contributed by atoms with van der Waals surface area (Å²) < 4.78 is 17.3. The maximum absolute atomic E-state index is 15.6. The van der Waals surface area contributed by atoms with Crippen LogP contribution in [0, 0.1) is 5.82 Å². The summed E-state index contributed by atoms with van der Waals surface area (Å²) in [5, 5.41) is 34.1. The normalized spacial score (nSPS) is 21.3. The number of hydrogen-bond acceptors (Lipinski definition) is 12. The van der Waals surface area contributed by atoms with Gasteiger partial charge in [-0.3, -0.25) is 38.7 Å². The molecule has 0 bridgehead atoms. The van der Waals surface area contributed by atoms with Gasteiger partial charge in [-0.1, -0.05) is 12.1 Å². The third-order valence-corrected chi connectivity index (χ3v) is 13.0. The van der Waals surface area contributed by atoms with E-state index in [1.54, 1.807) is 17.6 Å². The standard InChI is InChI=1S/C40H41FN8O11S/c1-2-45-13-14-47(36(55)35(45)54)40(60)43-29(20-3-7-23(50)8-4-20)33(52)42-30-34(53)49-31(39(58)59)21(19-61-37(30)49)17-44-9-11-46(12-10-44)28-16-27-24(15-26(28)41)32(51)25(38(56)57)18-48(27)22-5-6-22/h3-4,7-8,15-16,18,22,29-30,37,50H,2,5-6,9-14,17,19H2,1H3,(H,42,52)(H,43,60)(H,56,57)(H,58,59)/t29-,30?,37-/m1/s1. The second kappa shape index (κ2) is 16.2. The minimum atomic E-state index is -1.48. The van der Waals surface area contributed by atoms with Crippen molar-refractivity contribution in [1.29, 1.82) is 0 Å². The van der Waals surface area contributed by atoms with Gasteiger partial charge in [0.05, 0.1) is 11.2 Å². The third kappa shape index (κ3) is 7.62. The number of pyridine rings is 1. The van der Waals surface area contributed by atoms with Crippen molar-refractivity contribution < 1.29 is 53.3 Å². The van der Waals surface area contributed by atoms with E-state index in [9.17, 15) is 53.7 Å². The predicted molar refractivity (Wildman–Crippen MR) is 215 cm³/mol. The van der Waals surface area contributed by atoms with Crippen LogP contribution >= 0.6 is 11.8 Å². The van der Waals surface area contributed by atoms with Crippen LogP contribution in [0.4, 0.5) is 14.9 Å². The SMILES string of the molecule is CCN1CCN(C(=O)N[C@@H](C(=O)NC2C(=O)N3C(C(=O)O)=C(CN4CCN(c5cc6c(cc5F)c(=O)c(C(=O)O)cn6C5CC5)CC4)CS[C@H]23)c2ccc(O)cc2)C(=O)C1=O. The number of carbonyl (C=O) groups excluding carboxylic acids is 5. The molecule has 6 amide bonds. The molecule has 4 aliphatic heterocycles. The average molecular weight is 861 g/mol. The predicted octanol–water partition coefficient (Wildman–Crippen LogP) is 0.882. The summed E-state index contributed by atoms with van der Waals surface area (Å²) in [6, 6.07) is 4.32. The van der Waals surface area contributed by atoms with Crippen LogP contribution in [0.3, 0.4) is 0 Å². The highest BCUT2D eigenvalue weighted by atomic mass is 32.2. The fraction of sp³-hybridized carbons (Fsp3) is 0.400. The number of carbonyl (C=O) groups is 7. The monoisotopic (exact) mass is 860 g/mol. The molecule has 8 rings (SSSR count). The van der Waals surface area contributed by atoms with E-state index in [0.717, 1.165) is 23.8 Å². The molecule has 3 aromatic rings. The zero-order valence-electron chi connectivity index (χ0n) is 32.7. The number of phenolic OH excluding ortho intramolecular Hbond substituents is 1. The van der Waals surface area contributed by atoms with Gasteiger partial charge in [0, 0.05) is 75.7 Å². The number of urea groups is 1. The number of carboxylic acid groups (broad SMARTS) is 2. The molecule has 3 atom stereocenters. The number of nitrogens with zero attached hydrogens (tertiary/aromatic N) is 6. The Morgan fingerprint density at radius 2 is 1.62 bits per heavy atom. The number of phenols is 1. The van der Waals surface area contributed by atoms with Gasteiger partial charge in [-0.15, -0.1) is 11.8 Å². The number of imide groups is 1. The van der Waals surface area contributed by atoms with Gasteiger partial charge in [-0.2, -0.15) is 0 Å². The van der Waals surface area contributed by atoms with E-state index >= 15 is 4.39 Å². The number of aliphatic carboxylic acids is 1. The number of benzene rings is 2. The highest BCUT2D eigenvalue weighted by molar-refractivity contribution is 8.00. The number of likely N-dealkylation sites (N-methyl/N-ethyl adjacent to an activating group) is 1. The molecule has 5 heterocycles. The van der Waals surface area contributed by atoms with Crippen LogP contribution in [0.25, 0.3) is 10.9 Å². The van der Waals surface area contributed by atoms with Crippen molar-refractivity contribution in [3.63, 3.8) is 0 Å². The molecule has 0 radical (unpaired) electrons. The van der Waals surface area contributed by atoms with Gasteiger partial charge in [-0.05, 0) is 55.2 Å². The highest BCUT2D eigenvalue weighted by Gasteiger charge is 2.55. The lowest BCUT2D eigenvalue weighted by Crippen LogP contribution is -2.71. The van der Waals surface area contributed by atoms with Crippen LogP contribution in [-0.2, 0) is 24.0 Å². The summed E-state index contributed by atoms with van der Waals surface area (Å²) in [5.41, 5.74) is -0.00766. The molecule has 1 aliphatic carbocycles. The van der Waals surface area contributed by atoms with Crippen molar-refractivity contribution in [2.45, 2.75) is 43.3 Å². The molecule has 320 valence electrons. The molecule has 0 spiro atoms. The van der Waals surface area contributed by atoms with Crippen LogP contribution < -0.4 is 21.0 Å². The van der Waals surface area contributed by atoms with Crippen LogP contribution in [0.1, 0.15) is 47.8 Å². The lowest BCUT2D eigenvalue weighted by atomic mass is 10.0. The molecule has 21 heteroatoms. The van der Waals surface area contributed by atoms with Crippen molar-refractivity contribution in [2.75, 3.05) is 63.0 Å². The molecule has 61 heavy (non-hydrogen) atoms. The van der Waals surface area contributed by atoms with E-state index in [4.69, 9.17) is 0 Å². The molecule has 5 N–H and O–H groups in total. The molecule has 1 saturated carbocycles. The van der Waals surface area contributed by atoms with Gasteiger partial charge in [-0.25, -0.2) is 18.8 Å². The Labute approximate surface area is 350 Å². The molecule has 1 unspecified atom stereocenters. The smallest absolute Gasteiger partial charge is 0.352 e. The number of rotatable bonds is 11. The average Bonchev–Trinajstić information content (AvgIpc) is 4.09. The molecular formula is C40H41FN8O11S. The number of aromatic nitrogens is 1. The van der Waals surface area contributed by atoms with Crippen LogP contribution in [0.2, 0.25) is 0 Å². The Bertz CT molecular complexity index is 2480. The maximum Gasteiger partial charge on any atom is 0.352 e. The number of aromatic carboxylic acids is 1. The first-order chi connectivity index (χ1) is 29.2. The van der Waals surface area contributed by atoms with E-state index in [1.165, 1.54) is 47.1 Å². The number of halogens is 1. The zero-order chi connectivity index (χ0) is 43.4. The number of hydrogen-bond donors (Lipinski definition) is 5. The van der Waals surface area contributed by atoms with Gasteiger partial charge in [0.15, 0.2) is 0 Å². The molecule has 19 nitrogen and oxygen atoms in total. The van der Waals surface area contributed by atoms with Crippen LogP contribution in [0.5, 0.6) is 5.75 Å². The Balaban J connectivity index is 0.940.